The van der Waals surface area contributed by atoms with E-state index in [4.69, 9.17) is 6.42 Å². The summed E-state index contributed by atoms with van der Waals surface area (Å²) < 4.78 is 0. The maximum absolute atomic E-state index is 10.2. The lowest BCUT2D eigenvalue weighted by Crippen LogP contribution is -2.26. The number of likely N-dealkylation sites (N-methyl/N-ethyl adjacent to an activating group) is 1. The van der Waals surface area contributed by atoms with Crippen molar-refractivity contribution in [3.05, 3.63) is 0 Å². The van der Waals surface area contributed by atoms with Crippen LogP contribution >= 0.6 is 0 Å². The Balaban J connectivity index is 3.27. The first kappa shape index (κ1) is 9.19. The van der Waals surface area contributed by atoms with Gasteiger partial charge in [0.25, 0.3) is 0 Å². The summed E-state index contributed by atoms with van der Waals surface area (Å²) in [5.41, 5.74) is 0. The summed E-state index contributed by atoms with van der Waals surface area (Å²) in [5.74, 6) is 2.53. The van der Waals surface area contributed by atoms with Crippen molar-refractivity contribution in [3.8, 4) is 12.3 Å². The average molecular weight is 139 g/mol. The van der Waals surface area contributed by atoms with Gasteiger partial charge < -0.3 is 10.1 Å². The van der Waals surface area contributed by atoms with Gasteiger partial charge in [-0.1, -0.05) is 0 Å². The van der Waals surface area contributed by atoms with E-state index < -0.39 is 0 Å². The molecule has 2 heteroatoms. The van der Waals surface area contributed by atoms with Gasteiger partial charge in [0.15, 0.2) is 0 Å². The lowest BCUT2D eigenvalue weighted by atomic mass is 10.1. The van der Waals surface area contributed by atoms with Crippen LogP contribution in [0.1, 0.15) is 19.3 Å². The lowest BCUT2D eigenvalue weighted by Gasteiger charge is -2.05. The number of carbonyl (C=O) groups is 1. The average Bonchev–Trinajstić information content (AvgIpc) is 1.99. The third-order valence-electron chi connectivity index (χ3n) is 1.37. The fraction of sp³-hybridized carbons (Fsp3) is 0.625. The first-order chi connectivity index (χ1) is 4.85. The molecule has 1 N–H and O–H groups in total. The number of nitrogens with one attached hydrogen (secondary N) is 1. The monoisotopic (exact) mass is 139 g/mol. The second kappa shape index (κ2) is 6.31. The van der Waals surface area contributed by atoms with Gasteiger partial charge in [-0.2, -0.15) is 0 Å². The van der Waals surface area contributed by atoms with E-state index in [1.807, 2.05) is 0 Å². The Bertz CT molecular complexity index is 126. The fourth-order valence-electron chi connectivity index (χ4n) is 0.704. The highest BCUT2D eigenvalue weighted by atomic mass is 16.1. The highest BCUT2D eigenvalue weighted by Crippen LogP contribution is 1.96. The van der Waals surface area contributed by atoms with E-state index in [2.05, 4.69) is 11.2 Å². The van der Waals surface area contributed by atoms with Gasteiger partial charge in [-0.3, -0.25) is 0 Å². The zero-order chi connectivity index (χ0) is 7.82. The normalized spacial score (nSPS) is 12.0. The zero-order valence-corrected chi connectivity index (χ0v) is 6.26. The Labute approximate surface area is 62.0 Å². The Kier molecular flexibility index (Phi) is 5.80. The predicted molar refractivity (Wildman–Crippen MR) is 41.6 cm³/mol. The molecule has 0 aliphatic heterocycles. The molecule has 10 heavy (non-hydrogen) atoms. The molecule has 0 saturated heterocycles. The van der Waals surface area contributed by atoms with Crippen LogP contribution < -0.4 is 5.32 Å². The quantitative estimate of drug-likeness (QED) is 0.343. The largest absolute Gasteiger partial charge is 0.311 e. The Hall–Kier alpha value is -0.810. The lowest BCUT2D eigenvalue weighted by molar-refractivity contribution is -0.109. The Morgan fingerprint density at radius 2 is 2.50 bits per heavy atom. The van der Waals surface area contributed by atoms with Gasteiger partial charge in [0, 0.05) is 6.42 Å². The van der Waals surface area contributed by atoms with Gasteiger partial charge in [-0.15, -0.1) is 12.3 Å². The minimum absolute atomic E-state index is 0.0200. The van der Waals surface area contributed by atoms with Crippen LogP contribution in [0.5, 0.6) is 0 Å². The predicted octanol–water partition coefficient (Wildman–Crippen LogP) is 0.577. The minimum Gasteiger partial charge on any atom is -0.311 e. The van der Waals surface area contributed by atoms with Crippen LogP contribution in [0.3, 0.4) is 0 Å². The summed E-state index contributed by atoms with van der Waals surface area (Å²) in [6.07, 6.45) is 8.46. The van der Waals surface area contributed by atoms with E-state index in [9.17, 15) is 4.79 Å². The molecule has 0 spiro atoms. The summed E-state index contributed by atoms with van der Waals surface area (Å²) in [6.45, 7) is 0. The molecule has 0 amide bonds. The van der Waals surface area contributed by atoms with E-state index in [0.717, 1.165) is 25.5 Å². The van der Waals surface area contributed by atoms with E-state index in [1.54, 1.807) is 7.05 Å². The molecule has 0 rings (SSSR count). The van der Waals surface area contributed by atoms with Gasteiger partial charge >= 0.3 is 0 Å². The number of hydrogen-bond donors (Lipinski definition) is 1. The number of rotatable bonds is 5. The molecule has 0 radical (unpaired) electrons. The second-order valence-electron chi connectivity index (χ2n) is 2.13. The van der Waals surface area contributed by atoms with E-state index >= 15 is 0 Å². The Morgan fingerprint density at radius 3 is 2.90 bits per heavy atom. The van der Waals surface area contributed by atoms with Crippen molar-refractivity contribution >= 4 is 6.29 Å². The fourth-order valence-corrected chi connectivity index (χ4v) is 0.704. The molecule has 1 atom stereocenters. The molecule has 56 valence electrons. The van der Waals surface area contributed by atoms with Crippen molar-refractivity contribution in [2.75, 3.05) is 7.05 Å². The maximum atomic E-state index is 10.2. The smallest absolute Gasteiger partial charge is 0.136 e. The van der Waals surface area contributed by atoms with Gasteiger partial charge in [0.1, 0.15) is 6.29 Å². The van der Waals surface area contributed by atoms with Gasteiger partial charge in [0.05, 0.1) is 6.04 Å². The van der Waals surface area contributed by atoms with Gasteiger partial charge in [-0.05, 0) is 19.9 Å². The van der Waals surface area contributed by atoms with Crippen LogP contribution in [0.15, 0.2) is 0 Å². The maximum Gasteiger partial charge on any atom is 0.136 e. The molecule has 2 nitrogen and oxygen atoms in total. The van der Waals surface area contributed by atoms with E-state index in [0.29, 0.717) is 0 Å². The molecule has 0 fully saturated rings. The van der Waals surface area contributed by atoms with Crippen molar-refractivity contribution < 1.29 is 4.79 Å². The summed E-state index contributed by atoms with van der Waals surface area (Å²) >= 11 is 0. The van der Waals surface area contributed by atoms with Crippen LogP contribution in [-0.2, 0) is 4.79 Å². The molecule has 0 aliphatic carbocycles. The number of unbranched alkanes of at least 4 members (excludes halogenated alkanes) is 1. The third-order valence-corrected chi connectivity index (χ3v) is 1.37. The minimum atomic E-state index is -0.0200. The van der Waals surface area contributed by atoms with Gasteiger partial charge in [0.2, 0.25) is 0 Å². The SMILES string of the molecule is C#CCCC[C@@H](C=O)NC. The molecular formula is C8H13NO. The highest BCUT2D eigenvalue weighted by molar-refractivity contribution is 5.57. The van der Waals surface area contributed by atoms with Crippen molar-refractivity contribution in [3.63, 3.8) is 0 Å². The molecule has 0 aromatic rings. The summed E-state index contributed by atoms with van der Waals surface area (Å²) in [5, 5.41) is 2.87. The van der Waals surface area contributed by atoms with E-state index in [1.165, 1.54) is 0 Å². The van der Waals surface area contributed by atoms with Crippen molar-refractivity contribution in [1.29, 1.82) is 0 Å². The molecule has 0 aliphatic rings. The first-order valence-corrected chi connectivity index (χ1v) is 3.41. The van der Waals surface area contributed by atoms with E-state index in [-0.39, 0.29) is 6.04 Å². The molecule has 0 unspecified atom stereocenters. The number of aldehydes is 1. The standard InChI is InChI=1S/C8H13NO/c1-3-4-5-6-8(7-10)9-2/h1,7-9H,4-6H2,2H3/t8-/m0/s1. The molecule has 0 aromatic heterocycles. The number of terminal acetylenes is 1. The summed E-state index contributed by atoms with van der Waals surface area (Å²) in [7, 11) is 1.77. The van der Waals surface area contributed by atoms with Crippen LogP contribution in [0.25, 0.3) is 0 Å². The Morgan fingerprint density at radius 1 is 1.80 bits per heavy atom. The second-order valence-corrected chi connectivity index (χ2v) is 2.13. The van der Waals surface area contributed by atoms with Crippen LogP contribution in [-0.4, -0.2) is 19.4 Å². The highest BCUT2D eigenvalue weighted by Gasteiger charge is 2.00. The number of carbonyl (C=O) groups excluding carboxylic acids is 1. The van der Waals surface area contributed by atoms with Crippen molar-refractivity contribution in [2.45, 2.75) is 25.3 Å². The van der Waals surface area contributed by atoms with Crippen molar-refractivity contribution in [2.24, 2.45) is 0 Å². The van der Waals surface area contributed by atoms with Crippen LogP contribution in [0.2, 0.25) is 0 Å². The summed E-state index contributed by atoms with van der Waals surface area (Å²) in [6, 6.07) is -0.0200. The zero-order valence-electron chi connectivity index (χ0n) is 6.26. The van der Waals surface area contributed by atoms with Crippen LogP contribution in [0, 0.1) is 12.3 Å². The third kappa shape index (κ3) is 4.11. The first-order valence-electron chi connectivity index (χ1n) is 3.41. The van der Waals surface area contributed by atoms with Crippen LogP contribution in [0.4, 0.5) is 0 Å². The number of hydrogen-bond acceptors (Lipinski definition) is 2. The molecular weight excluding hydrogens is 126 g/mol. The molecule has 0 aromatic carbocycles. The van der Waals surface area contributed by atoms with Crippen molar-refractivity contribution in [1.82, 2.24) is 5.32 Å². The summed E-state index contributed by atoms with van der Waals surface area (Å²) in [4.78, 5) is 10.2. The molecule has 0 saturated carbocycles. The molecule has 0 heterocycles. The molecule has 0 bridgehead atoms. The van der Waals surface area contributed by atoms with Gasteiger partial charge in [-0.25, -0.2) is 0 Å². The topological polar surface area (TPSA) is 29.1 Å².